The Kier molecular flexibility index (Phi) is 9.35. The molecule has 7 nitrogen and oxygen atoms in total. The van der Waals surface area contributed by atoms with Crippen molar-refractivity contribution in [2.45, 2.75) is 0 Å². The van der Waals surface area contributed by atoms with Gasteiger partial charge in [0.1, 0.15) is 0 Å². The molecular weight excluding hydrogens is 831 g/mol. The van der Waals surface area contributed by atoms with Crippen molar-refractivity contribution in [3.8, 4) is 79.4 Å². The van der Waals surface area contributed by atoms with Crippen LogP contribution in [0.2, 0.25) is 0 Å². The lowest BCUT2D eigenvalue weighted by Crippen LogP contribution is -2.06. The van der Waals surface area contributed by atoms with Crippen LogP contribution in [0.15, 0.2) is 237 Å². The Morgan fingerprint density at radius 1 is 0.235 bits per heavy atom. The molecule has 13 aromatic rings. The van der Waals surface area contributed by atoms with Crippen molar-refractivity contribution in [2.75, 3.05) is 0 Å². The highest BCUT2D eigenvalue weighted by molar-refractivity contribution is 6.19. The van der Waals surface area contributed by atoms with Crippen LogP contribution >= 0.6 is 0 Å². The van der Waals surface area contributed by atoms with Gasteiger partial charge in [0.25, 0.3) is 0 Å². The smallest absolute Gasteiger partial charge is 0.238 e. The molecule has 0 spiro atoms. The third-order valence-corrected chi connectivity index (χ3v) is 12.8. The van der Waals surface area contributed by atoms with Gasteiger partial charge in [-0.05, 0) is 59.7 Å². The van der Waals surface area contributed by atoms with E-state index in [1.54, 1.807) is 0 Å². The van der Waals surface area contributed by atoms with E-state index in [1.807, 2.05) is 60.7 Å². The van der Waals surface area contributed by atoms with Gasteiger partial charge in [-0.25, -0.2) is 15.0 Å². The standard InChI is InChI=1S/C61H39N7/c1-5-18-40(19-6-1)45-26-17-27-46(36-45)60-64-59(44-24-11-4-12-25-44)65-61(66-60)68-55-31-16-14-29-49(55)51-37-56-50(38-57(51)68)48-28-13-15-30-54(48)67(56)47-34-32-42(33-35-47)53-39-52(41-20-7-2-8-21-41)62-58(63-53)43-22-9-3-10-23-43/h1-39H. The van der Waals surface area contributed by atoms with E-state index in [0.29, 0.717) is 23.4 Å². The van der Waals surface area contributed by atoms with Crippen LogP contribution in [0.25, 0.3) is 123 Å². The van der Waals surface area contributed by atoms with Crippen LogP contribution in [0, 0.1) is 0 Å². The van der Waals surface area contributed by atoms with E-state index in [1.165, 1.54) is 0 Å². The van der Waals surface area contributed by atoms with Gasteiger partial charge < -0.3 is 4.57 Å². The molecule has 0 saturated carbocycles. The fourth-order valence-corrected chi connectivity index (χ4v) is 9.55. The molecule has 9 aromatic carbocycles. The maximum absolute atomic E-state index is 5.31. The van der Waals surface area contributed by atoms with Gasteiger partial charge in [0.15, 0.2) is 17.5 Å². The molecule has 68 heavy (non-hydrogen) atoms. The Balaban J connectivity index is 0.981. The van der Waals surface area contributed by atoms with Gasteiger partial charge in [-0.1, -0.05) is 188 Å². The van der Waals surface area contributed by atoms with Gasteiger partial charge in [0.05, 0.1) is 33.5 Å². The van der Waals surface area contributed by atoms with E-state index < -0.39 is 0 Å². The molecule has 0 atom stereocenters. The van der Waals surface area contributed by atoms with E-state index in [-0.39, 0.29) is 0 Å². The molecule has 0 aliphatic heterocycles. The first-order valence-electron chi connectivity index (χ1n) is 22.7. The lowest BCUT2D eigenvalue weighted by atomic mass is 10.0. The van der Waals surface area contributed by atoms with Crippen LogP contribution in [0.5, 0.6) is 0 Å². The molecule has 4 aromatic heterocycles. The summed E-state index contributed by atoms with van der Waals surface area (Å²) in [6, 6.07) is 82.2. The Bertz CT molecular complexity index is 3940. The topological polar surface area (TPSA) is 74.3 Å². The summed E-state index contributed by atoms with van der Waals surface area (Å²) in [6.45, 7) is 0. The highest BCUT2D eigenvalue weighted by atomic mass is 15.2. The zero-order valence-corrected chi connectivity index (χ0v) is 36.6. The van der Waals surface area contributed by atoms with Crippen molar-refractivity contribution in [3.05, 3.63) is 237 Å². The maximum atomic E-state index is 5.31. The van der Waals surface area contributed by atoms with Crippen molar-refractivity contribution in [3.63, 3.8) is 0 Å². The molecule has 0 radical (unpaired) electrons. The fraction of sp³-hybridized carbons (Fsp3) is 0. The molecule has 0 N–H and O–H groups in total. The number of fused-ring (bicyclic) bond motifs is 6. The summed E-state index contributed by atoms with van der Waals surface area (Å²) in [4.78, 5) is 25.8. The zero-order chi connectivity index (χ0) is 45.0. The van der Waals surface area contributed by atoms with E-state index in [2.05, 4.69) is 185 Å². The van der Waals surface area contributed by atoms with Gasteiger partial charge >= 0.3 is 0 Å². The summed E-state index contributed by atoms with van der Waals surface area (Å²) in [5.74, 6) is 2.46. The molecular formula is C61H39N7. The van der Waals surface area contributed by atoms with Gasteiger partial charge in [0, 0.05) is 55.0 Å². The second-order valence-corrected chi connectivity index (χ2v) is 16.9. The SMILES string of the molecule is c1ccc(-c2cccc(-c3nc(-c4ccccc4)nc(-n4c5ccccc5c5cc6c(cc54)c4ccccc4n6-c4ccc(-c5cc(-c6ccccc6)nc(-c6ccccc6)n5)cc4)n3)c2)cc1. The van der Waals surface area contributed by atoms with Crippen LogP contribution < -0.4 is 0 Å². The highest BCUT2D eigenvalue weighted by Gasteiger charge is 2.22. The van der Waals surface area contributed by atoms with Gasteiger partial charge in [0.2, 0.25) is 5.95 Å². The maximum Gasteiger partial charge on any atom is 0.238 e. The predicted molar refractivity (Wildman–Crippen MR) is 277 cm³/mol. The van der Waals surface area contributed by atoms with Crippen LogP contribution in [-0.4, -0.2) is 34.1 Å². The quantitative estimate of drug-likeness (QED) is 0.152. The molecule has 0 aliphatic rings. The van der Waals surface area contributed by atoms with Crippen molar-refractivity contribution in [1.82, 2.24) is 34.1 Å². The Labute approximate surface area is 392 Å². The summed E-state index contributed by atoms with van der Waals surface area (Å²) >= 11 is 0. The van der Waals surface area contributed by atoms with Crippen molar-refractivity contribution < 1.29 is 0 Å². The van der Waals surface area contributed by atoms with E-state index in [4.69, 9.17) is 24.9 Å². The summed E-state index contributed by atoms with van der Waals surface area (Å²) in [5.41, 5.74) is 14.1. The minimum atomic E-state index is 0.555. The van der Waals surface area contributed by atoms with Gasteiger partial charge in [-0.15, -0.1) is 0 Å². The van der Waals surface area contributed by atoms with Crippen LogP contribution in [0.1, 0.15) is 0 Å². The third kappa shape index (κ3) is 6.80. The van der Waals surface area contributed by atoms with Crippen LogP contribution in [0.3, 0.4) is 0 Å². The summed E-state index contributed by atoms with van der Waals surface area (Å²) in [6.07, 6.45) is 0. The number of hydrogen-bond donors (Lipinski definition) is 0. The van der Waals surface area contributed by atoms with Crippen LogP contribution in [-0.2, 0) is 0 Å². The zero-order valence-electron chi connectivity index (χ0n) is 36.6. The number of aromatic nitrogens is 7. The average Bonchev–Trinajstić information content (AvgIpc) is 3.93. The number of para-hydroxylation sites is 2. The lowest BCUT2D eigenvalue weighted by molar-refractivity contribution is 0.954. The van der Waals surface area contributed by atoms with Gasteiger partial charge in [-0.3, -0.25) is 4.57 Å². The Morgan fingerprint density at radius 3 is 1.25 bits per heavy atom. The largest absolute Gasteiger partial charge is 0.309 e. The highest BCUT2D eigenvalue weighted by Crippen LogP contribution is 2.40. The number of nitrogens with zero attached hydrogens (tertiary/aromatic N) is 7. The first-order valence-corrected chi connectivity index (χ1v) is 22.7. The molecule has 0 fully saturated rings. The summed E-state index contributed by atoms with van der Waals surface area (Å²) < 4.78 is 4.58. The number of hydrogen-bond acceptors (Lipinski definition) is 5. The molecule has 0 aliphatic carbocycles. The molecule has 4 heterocycles. The number of rotatable bonds is 8. The van der Waals surface area contributed by atoms with E-state index in [0.717, 1.165) is 99.6 Å². The van der Waals surface area contributed by atoms with Crippen molar-refractivity contribution in [1.29, 1.82) is 0 Å². The lowest BCUT2D eigenvalue weighted by Gasteiger charge is -2.12. The second-order valence-electron chi connectivity index (χ2n) is 16.9. The normalized spacial score (nSPS) is 11.5. The minimum absolute atomic E-state index is 0.555. The average molecular weight is 870 g/mol. The minimum Gasteiger partial charge on any atom is -0.309 e. The monoisotopic (exact) mass is 869 g/mol. The van der Waals surface area contributed by atoms with Crippen molar-refractivity contribution in [2.24, 2.45) is 0 Å². The molecule has 0 saturated heterocycles. The van der Waals surface area contributed by atoms with E-state index >= 15 is 0 Å². The fourth-order valence-electron chi connectivity index (χ4n) is 9.55. The summed E-state index contributed by atoms with van der Waals surface area (Å²) in [7, 11) is 0. The molecule has 0 bridgehead atoms. The van der Waals surface area contributed by atoms with Crippen LogP contribution in [0.4, 0.5) is 0 Å². The molecule has 13 rings (SSSR count). The molecule has 318 valence electrons. The summed E-state index contributed by atoms with van der Waals surface area (Å²) in [5, 5.41) is 4.49. The third-order valence-electron chi connectivity index (χ3n) is 12.8. The molecule has 0 amide bonds. The molecule has 7 heteroatoms. The van der Waals surface area contributed by atoms with Gasteiger partial charge in [-0.2, -0.15) is 9.97 Å². The number of benzene rings is 9. The second kappa shape index (κ2) is 16.3. The van der Waals surface area contributed by atoms with E-state index in [9.17, 15) is 0 Å². The predicted octanol–water partition coefficient (Wildman–Crippen LogP) is 14.9. The first kappa shape index (κ1) is 39.1. The van der Waals surface area contributed by atoms with Crippen molar-refractivity contribution >= 4 is 43.6 Å². The Morgan fingerprint density at radius 2 is 0.662 bits per heavy atom. The molecule has 0 unspecified atom stereocenters. The Hall–Kier alpha value is -9.33. The first-order chi connectivity index (χ1) is 33.7.